The third kappa shape index (κ3) is 7.13. The summed E-state index contributed by atoms with van der Waals surface area (Å²) >= 11 is 0. The molecule has 0 amide bonds. The van der Waals surface area contributed by atoms with Crippen LogP contribution in [-0.2, 0) is 0 Å². The van der Waals surface area contributed by atoms with Gasteiger partial charge in [0.05, 0.1) is 33.1 Å². The van der Waals surface area contributed by atoms with Gasteiger partial charge in [0.1, 0.15) is 17.5 Å². The van der Waals surface area contributed by atoms with E-state index < -0.39 is 0 Å². The zero-order valence-corrected chi connectivity index (χ0v) is 37.0. The molecule has 13 rings (SSSR count). The van der Waals surface area contributed by atoms with E-state index in [1.807, 2.05) is 72.8 Å². The third-order valence-electron chi connectivity index (χ3n) is 12.5. The van der Waals surface area contributed by atoms with Crippen LogP contribution in [-0.4, -0.2) is 43.6 Å². The molecule has 0 aliphatic rings. The Labute approximate surface area is 397 Å². The molecule has 0 N–H and O–H groups in total. The third-order valence-corrected chi connectivity index (χ3v) is 12.5. The highest BCUT2D eigenvalue weighted by molar-refractivity contribution is 5.86. The summed E-state index contributed by atoms with van der Waals surface area (Å²) in [5.74, 6) is 4.16. The molecule has 0 saturated carbocycles. The molecule has 0 atom stereocenters. The molecule has 0 unspecified atom stereocenters. The molecule has 9 aromatic carbocycles. The first-order valence-corrected chi connectivity index (χ1v) is 22.9. The number of aromatic nitrogens is 9. The molecule has 0 fully saturated rings. The lowest BCUT2D eigenvalue weighted by Gasteiger charge is -2.14. The molecular formula is C60H39N9. The SMILES string of the molecule is c1ccc(-c2nc3ccccc3n2-c2cccc(-c3nc(-c4cccc(-n5c(-c6ccccc6)nc6ccccc65)c4)nc(-c4cccc(-n5c(-c6ccccc6)nc6ccccc65)c4)n3)c2)cc1. The molecule has 0 bridgehead atoms. The molecule has 0 saturated heterocycles. The van der Waals surface area contributed by atoms with Crippen molar-refractivity contribution in [2.75, 3.05) is 0 Å². The van der Waals surface area contributed by atoms with Crippen LogP contribution in [0.25, 0.3) is 118 Å². The van der Waals surface area contributed by atoms with Gasteiger partial charge in [0.15, 0.2) is 17.5 Å². The van der Waals surface area contributed by atoms with Crippen LogP contribution < -0.4 is 0 Å². The highest BCUT2D eigenvalue weighted by Gasteiger charge is 2.21. The fourth-order valence-corrected chi connectivity index (χ4v) is 9.32. The minimum Gasteiger partial charge on any atom is -0.292 e. The maximum atomic E-state index is 5.31. The van der Waals surface area contributed by atoms with Crippen LogP contribution in [0.3, 0.4) is 0 Å². The number of hydrogen-bond acceptors (Lipinski definition) is 6. The van der Waals surface area contributed by atoms with E-state index in [-0.39, 0.29) is 0 Å². The van der Waals surface area contributed by atoms with E-state index in [4.69, 9.17) is 29.9 Å². The Balaban J connectivity index is 1.00. The summed E-state index contributed by atoms with van der Waals surface area (Å²) in [7, 11) is 0. The van der Waals surface area contributed by atoms with Gasteiger partial charge in [-0.25, -0.2) is 29.9 Å². The minimum atomic E-state index is 0.537. The number of imidazole rings is 3. The van der Waals surface area contributed by atoms with Crippen molar-refractivity contribution in [2.45, 2.75) is 0 Å². The van der Waals surface area contributed by atoms with Gasteiger partial charge < -0.3 is 0 Å². The van der Waals surface area contributed by atoms with Gasteiger partial charge in [-0.1, -0.05) is 164 Å². The van der Waals surface area contributed by atoms with Gasteiger partial charge in [-0.15, -0.1) is 0 Å². The maximum Gasteiger partial charge on any atom is 0.164 e. The van der Waals surface area contributed by atoms with Crippen molar-refractivity contribution in [1.82, 2.24) is 43.6 Å². The van der Waals surface area contributed by atoms with Gasteiger partial charge in [-0.2, -0.15) is 0 Å². The first kappa shape index (κ1) is 39.7. The fraction of sp³-hybridized carbons (Fsp3) is 0. The molecular weight excluding hydrogens is 847 g/mol. The Hall–Kier alpha value is -9.60. The summed E-state index contributed by atoms with van der Waals surface area (Å²) in [6.07, 6.45) is 0. The van der Waals surface area contributed by atoms with E-state index >= 15 is 0 Å². The summed E-state index contributed by atoms with van der Waals surface area (Å²) in [5, 5.41) is 0. The second-order valence-electron chi connectivity index (χ2n) is 16.8. The standard InChI is InChI=1S/C60H39N9/c1-4-19-40(20-5-1)58-61-49-31-10-13-34-52(49)67(58)46-28-16-25-43(37-46)55-64-56(44-26-17-29-47(38-44)68-53-35-14-11-32-50(53)62-59(68)41-21-6-2-7-22-41)66-57(65-55)45-27-18-30-48(39-45)69-54-36-15-12-33-51(54)63-60(69)42-23-8-3-9-24-42/h1-39H. The van der Waals surface area contributed by atoms with Crippen LogP contribution in [0.4, 0.5) is 0 Å². The molecule has 324 valence electrons. The summed E-state index contributed by atoms with van der Waals surface area (Å²) in [6.45, 7) is 0. The van der Waals surface area contributed by atoms with Crippen LogP contribution in [0.5, 0.6) is 0 Å². The van der Waals surface area contributed by atoms with Crippen LogP contribution in [0.15, 0.2) is 237 Å². The molecule has 0 spiro atoms. The Kier molecular flexibility index (Phi) is 9.61. The molecule has 0 aliphatic heterocycles. The normalized spacial score (nSPS) is 11.5. The molecule has 9 heteroatoms. The number of benzene rings is 9. The van der Waals surface area contributed by atoms with E-state index in [1.54, 1.807) is 0 Å². The van der Waals surface area contributed by atoms with Crippen molar-refractivity contribution in [3.8, 4) is 85.4 Å². The van der Waals surface area contributed by atoms with Crippen molar-refractivity contribution in [3.63, 3.8) is 0 Å². The largest absolute Gasteiger partial charge is 0.292 e. The van der Waals surface area contributed by atoms with Crippen LogP contribution in [0.2, 0.25) is 0 Å². The minimum absolute atomic E-state index is 0.537. The molecule has 4 aromatic heterocycles. The lowest BCUT2D eigenvalue weighted by atomic mass is 10.1. The van der Waals surface area contributed by atoms with Gasteiger partial charge in [0.25, 0.3) is 0 Å². The number of hydrogen-bond donors (Lipinski definition) is 0. The molecule has 0 aliphatic carbocycles. The van der Waals surface area contributed by atoms with Gasteiger partial charge in [0, 0.05) is 50.4 Å². The van der Waals surface area contributed by atoms with Gasteiger partial charge >= 0.3 is 0 Å². The summed E-state index contributed by atoms with van der Waals surface area (Å²) in [4.78, 5) is 31.3. The van der Waals surface area contributed by atoms with Crippen LogP contribution >= 0.6 is 0 Å². The zero-order valence-electron chi connectivity index (χ0n) is 37.0. The number of para-hydroxylation sites is 6. The Morgan fingerprint density at radius 3 is 0.783 bits per heavy atom. The molecule has 4 heterocycles. The predicted octanol–water partition coefficient (Wildman–Crippen LogP) is 13.9. The van der Waals surface area contributed by atoms with E-state index in [0.29, 0.717) is 17.5 Å². The fourth-order valence-electron chi connectivity index (χ4n) is 9.32. The molecule has 13 aromatic rings. The van der Waals surface area contributed by atoms with Crippen molar-refractivity contribution in [3.05, 3.63) is 237 Å². The lowest BCUT2D eigenvalue weighted by molar-refractivity contribution is 1.06. The lowest BCUT2D eigenvalue weighted by Crippen LogP contribution is -2.03. The average Bonchev–Trinajstić information content (AvgIpc) is 4.14. The number of rotatable bonds is 9. The molecule has 9 nitrogen and oxygen atoms in total. The predicted molar refractivity (Wildman–Crippen MR) is 276 cm³/mol. The van der Waals surface area contributed by atoms with Crippen molar-refractivity contribution >= 4 is 33.1 Å². The van der Waals surface area contributed by atoms with Gasteiger partial charge in [-0.05, 0) is 72.8 Å². The first-order chi connectivity index (χ1) is 34.2. The smallest absolute Gasteiger partial charge is 0.164 e. The second-order valence-corrected chi connectivity index (χ2v) is 16.8. The number of nitrogens with zero attached hydrogens (tertiary/aromatic N) is 9. The highest BCUT2D eigenvalue weighted by Crippen LogP contribution is 2.35. The number of fused-ring (bicyclic) bond motifs is 3. The van der Waals surface area contributed by atoms with Crippen molar-refractivity contribution < 1.29 is 0 Å². The average molecular weight is 886 g/mol. The maximum absolute atomic E-state index is 5.31. The van der Waals surface area contributed by atoms with Crippen LogP contribution in [0, 0.1) is 0 Å². The second kappa shape index (κ2) is 16.7. The van der Waals surface area contributed by atoms with Crippen LogP contribution in [0.1, 0.15) is 0 Å². The van der Waals surface area contributed by atoms with Crippen molar-refractivity contribution in [1.29, 1.82) is 0 Å². The molecule has 0 radical (unpaired) electrons. The highest BCUT2D eigenvalue weighted by atomic mass is 15.1. The van der Waals surface area contributed by atoms with Crippen molar-refractivity contribution in [2.24, 2.45) is 0 Å². The van der Waals surface area contributed by atoms with E-state index in [0.717, 1.165) is 101 Å². The van der Waals surface area contributed by atoms with E-state index in [9.17, 15) is 0 Å². The first-order valence-electron chi connectivity index (χ1n) is 22.9. The van der Waals surface area contributed by atoms with Gasteiger partial charge in [-0.3, -0.25) is 13.7 Å². The Morgan fingerprint density at radius 2 is 0.478 bits per heavy atom. The zero-order chi connectivity index (χ0) is 45.7. The molecule has 69 heavy (non-hydrogen) atoms. The summed E-state index contributed by atoms with van der Waals surface area (Å²) in [5.41, 5.74) is 14.1. The monoisotopic (exact) mass is 885 g/mol. The summed E-state index contributed by atoms with van der Waals surface area (Å²) in [6, 6.07) is 80.8. The van der Waals surface area contributed by atoms with E-state index in [2.05, 4.69) is 177 Å². The topological polar surface area (TPSA) is 92.1 Å². The van der Waals surface area contributed by atoms with E-state index in [1.165, 1.54) is 0 Å². The Bertz CT molecular complexity index is 3590. The summed E-state index contributed by atoms with van der Waals surface area (Å²) < 4.78 is 6.64. The van der Waals surface area contributed by atoms with Gasteiger partial charge in [0.2, 0.25) is 0 Å². The Morgan fingerprint density at radius 1 is 0.217 bits per heavy atom. The quantitative estimate of drug-likeness (QED) is 0.143.